The number of aryl methyl sites for hydroxylation is 1. The van der Waals surface area contributed by atoms with Gasteiger partial charge in [-0.2, -0.15) is 0 Å². The Morgan fingerprint density at radius 3 is 2.54 bits per heavy atom. The highest BCUT2D eigenvalue weighted by atomic mass is 32.2. The molecule has 0 spiro atoms. The summed E-state index contributed by atoms with van der Waals surface area (Å²) in [6, 6.07) is 13.4. The minimum Gasteiger partial charge on any atom is -0.325 e. The van der Waals surface area contributed by atoms with Crippen LogP contribution >= 0.6 is 0 Å². The molecule has 1 aliphatic rings. The molecule has 0 saturated carbocycles. The van der Waals surface area contributed by atoms with E-state index in [1.54, 1.807) is 43.3 Å². The summed E-state index contributed by atoms with van der Waals surface area (Å²) in [4.78, 5) is 12.5. The molecule has 1 amide bonds. The molecule has 3 N–H and O–H groups in total. The van der Waals surface area contributed by atoms with Crippen molar-refractivity contribution in [2.75, 3.05) is 16.6 Å². The van der Waals surface area contributed by atoms with Crippen LogP contribution in [0.2, 0.25) is 0 Å². The second-order valence-electron chi connectivity index (χ2n) is 6.44. The van der Waals surface area contributed by atoms with Crippen LogP contribution in [-0.4, -0.2) is 26.9 Å². The molecule has 1 unspecified atom stereocenters. The molecule has 2 aromatic carbocycles. The number of carbonyl (C=O) groups is 1. The van der Waals surface area contributed by atoms with Crippen LogP contribution < -0.4 is 15.4 Å². The highest BCUT2D eigenvalue weighted by molar-refractivity contribution is 7.92. The maximum absolute atomic E-state index is 12.7. The third-order valence-corrected chi connectivity index (χ3v) is 5.92. The molecule has 1 aliphatic heterocycles. The zero-order valence-electron chi connectivity index (χ0n) is 14.7. The first-order valence-electron chi connectivity index (χ1n) is 8.68. The van der Waals surface area contributed by atoms with Crippen LogP contribution in [0.25, 0.3) is 0 Å². The molecule has 6 nitrogen and oxygen atoms in total. The molecule has 1 saturated heterocycles. The monoisotopic (exact) mass is 373 g/mol. The van der Waals surface area contributed by atoms with Crippen molar-refractivity contribution in [2.24, 2.45) is 0 Å². The molecule has 1 atom stereocenters. The number of para-hydroxylation sites is 1. The first-order valence-corrected chi connectivity index (χ1v) is 10.2. The van der Waals surface area contributed by atoms with Gasteiger partial charge in [-0.05, 0) is 56.1 Å². The number of hydrogen-bond acceptors (Lipinski definition) is 4. The Morgan fingerprint density at radius 2 is 1.85 bits per heavy atom. The lowest BCUT2D eigenvalue weighted by Crippen LogP contribution is -2.43. The summed E-state index contributed by atoms with van der Waals surface area (Å²) >= 11 is 0. The second-order valence-corrected chi connectivity index (χ2v) is 8.09. The van der Waals surface area contributed by atoms with Gasteiger partial charge in [0.25, 0.3) is 10.0 Å². The van der Waals surface area contributed by atoms with Gasteiger partial charge in [0.05, 0.1) is 10.9 Å². The fourth-order valence-electron chi connectivity index (χ4n) is 2.99. The largest absolute Gasteiger partial charge is 0.325 e. The molecule has 0 bridgehead atoms. The third-order valence-electron chi connectivity index (χ3n) is 4.40. The quantitative estimate of drug-likeness (QED) is 0.752. The van der Waals surface area contributed by atoms with Crippen LogP contribution in [0.1, 0.15) is 24.8 Å². The van der Waals surface area contributed by atoms with E-state index in [9.17, 15) is 13.2 Å². The predicted octanol–water partition coefficient (Wildman–Crippen LogP) is 2.88. The van der Waals surface area contributed by atoms with Crippen LogP contribution in [0, 0.1) is 6.92 Å². The van der Waals surface area contributed by atoms with Crippen LogP contribution in [0.3, 0.4) is 0 Å². The Balaban J connectivity index is 1.79. The van der Waals surface area contributed by atoms with Crippen LogP contribution in [0.5, 0.6) is 0 Å². The molecule has 7 heteroatoms. The molecule has 138 valence electrons. The summed E-state index contributed by atoms with van der Waals surface area (Å²) in [5.74, 6) is -0.132. The molecule has 3 rings (SSSR count). The van der Waals surface area contributed by atoms with Gasteiger partial charge < -0.3 is 10.6 Å². The third kappa shape index (κ3) is 4.42. The summed E-state index contributed by atoms with van der Waals surface area (Å²) < 4.78 is 28.0. The molecule has 1 heterocycles. The SMILES string of the molecule is Cc1ccc(NC(=O)C2CCCCN2)cc1S(=O)(=O)Nc1ccccc1. The topological polar surface area (TPSA) is 87.3 Å². The van der Waals surface area contributed by atoms with E-state index in [-0.39, 0.29) is 16.8 Å². The van der Waals surface area contributed by atoms with Gasteiger partial charge in [0.15, 0.2) is 0 Å². The lowest BCUT2D eigenvalue weighted by molar-refractivity contribution is -0.118. The Bertz CT molecular complexity index is 876. The van der Waals surface area contributed by atoms with Crippen molar-refractivity contribution in [1.82, 2.24) is 5.32 Å². The van der Waals surface area contributed by atoms with Crippen LogP contribution in [-0.2, 0) is 14.8 Å². The summed E-state index contributed by atoms with van der Waals surface area (Å²) in [6.07, 6.45) is 2.87. The van der Waals surface area contributed by atoms with Gasteiger partial charge in [-0.1, -0.05) is 30.7 Å². The molecule has 0 radical (unpaired) electrons. The van der Waals surface area contributed by atoms with Gasteiger partial charge in [0.1, 0.15) is 0 Å². The number of amides is 1. The molecule has 0 aliphatic carbocycles. The average Bonchev–Trinajstić information content (AvgIpc) is 2.64. The first-order chi connectivity index (χ1) is 12.5. The zero-order chi connectivity index (χ0) is 18.6. The number of carbonyl (C=O) groups excluding carboxylic acids is 1. The lowest BCUT2D eigenvalue weighted by Gasteiger charge is -2.22. The normalized spacial score (nSPS) is 17.5. The van der Waals surface area contributed by atoms with Crippen molar-refractivity contribution in [3.63, 3.8) is 0 Å². The fraction of sp³-hybridized carbons (Fsp3) is 0.316. The fourth-order valence-corrected chi connectivity index (χ4v) is 4.32. The van der Waals surface area contributed by atoms with Crippen LogP contribution in [0.4, 0.5) is 11.4 Å². The van der Waals surface area contributed by atoms with E-state index in [0.29, 0.717) is 16.9 Å². The number of benzene rings is 2. The van der Waals surface area contributed by atoms with E-state index < -0.39 is 10.0 Å². The van der Waals surface area contributed by atoms with E-state index in [1.807, 2.05) is 6.07 Å². The number of rotatable bonds is 5. The van der Waals surface area contributed by atoms with Crippen molar-refractivity contribution in [3.05, 3.63) is 54.1 Å². The Kier molecular flexibility index (Phi) is 5.58. The van der Waals surface area contributed by atoms with E-state index in [4.69, 9.17) is 0 Å². The maximum Gasteiger partial charge on any atom is 0.262 e. The second kappa shape index (κ2) is 7.88. The van der Waals surface area contributed by atoms with Crippen molar-refractivity contribution in [2.45, 2.75) is 37.1 Å². The molecule has 26 heavy (non-hydrogen) atoms. The van der Waals surface area contributed by atoms with Crippen molar-refractivity contribution >= 4 is 27.3 Å². The van der Waals surface area contributed by atoms with E-state index in [1.165, 1.54) is 6.07 Å². The maximum atomic E-state index is 12.7. The number of sulfonamides is 1. The van der Waals surface area contributed by atoms with Gasteiger partial charge in [0, 0.05) is 11.4 Å². The standard InChI is InChI=1S/C19H23N3O3S/c1-14-10-11-16(21-19(23)17-9-5-6-12-20-17)13-18(14)26(24,25)22-15-7-3-2-4-8-15/h2-4,7-8,10-11,13,17,20,22H,5-6,9,12H2,1H3,(H,21,23). The number of piperidine rings is 1. The Labute approximate surface area is 154 Å². The van der Waals surface area contributed by atoms with Gasteiger partial charge in [-0.25, -0.2) is 8.42 Å². The highest BCUT2D eigenvalue weighted by Crippen LogP contribution is 2.23. The van der Waals surface area contributed by atoms with Gasteiger partial charge >= 0.3 is 0 Å². The summed E-state index contributed by atoms with van der Waals surface area (Å²) in [5, 5.41) is 6.01. The minimum absolute atomic E-state index is 0.132. The summed E-state index contributed by atoms with van der Waals surface area (Å²) in [5.41, 5.74) is 1.58. The lowest BCUT2D eigenvalue weighted by atomic mass is 10.0. The molecule has 0 aromatic heterocycles. The number of hydrogen-bond donors (Lipinski definition) is 3. The van der Waals surface area contributed by atoms with E-state index in [0.717, 1.165) is 25.8 Å². The van der Waals surface area contributed by atoms with E-state index in [2.05, 4.69) is 15.4 Å². The zero-order valence-corrected chi connectivity index (χ0v) is 15.5. The van der Waals surface area contributed by atoms with Gasteiger partial charge in [-0.15, -0.1) is 0 Å². The average molecular weight is 373 g/mol. The number of nitrogens with one attached hydrogen (secondary N) is 3. The van der Waals surface area contributed by atoms with Gasteiger partial charge in [0.2, 0.25) is 5.91 Å². The smallest absolute Gasteiger partial charge is 0.262 e. The highest BCUT2D eigenvalue weighted by Gasteiger charge is 2.22. The first kappa shape index (κ1) is 18.4. The molecule has 2 aromatic rings. The number of anilines is 2. The van der Waals surface area contributed by atoms with Crippen molar-refractivity contribution in [1.29, 1.82) is 0 Å². The minimum atomic E-state index is -3.74. The molecular weight excluding hydrogens is 350 g/mol. The summed E-state index contributed by atoms with van der Waals surface area (Å²) in [6.45, 7) is 2.56. The van der Waals surface area contributed by atoms with Crippen LogP contribution in [0.15, 0.2) is 53.4 Å². The Morgan fingerprint density at radius 1 is 1.08 bits per heavy atom. The van der Waals surface area contributed by atoms with Gasteiger partial charge in [-0.3, -0.25) is 9.52 Å². The summed E-state index contributed by atoms with van der Waals surface area (Å²) in [7, 11) is -3.74. The Hall–Kier alpha value is -2.38. The molecular formula is C19H23N3O3S. The van der Waals surface area contributed by atoms with Crippen molar-refractivity contribution in [3.8, 4) is 0 Å². The van der Waals surface area contributed by atoms with Crippen molar-refractivity contribution < 1.29 is 13.2 Å². The van der Waals surface area contributed by atoms with E-state index >= 15 is 0 Å². The predicted molar refractivity (Wildman–Crippen MR) is 103 cm³/mol. The molecule has 1 fully saturated rings.